The van der Waals surface area contributed by atoms with Crippen LogP contribution in [0.25, 0.3) is 0 Å². The molecule has 0 radical (unpaired) electrons. The average molecular weight is 225 g/mol. The van der Waals surface area contributed by atoms with Gasteiger partial charge in [0.25, 0.3) is 0 Å². The second-order valence-corrected chi connectivity index (χ2v) is 4.73. The lowest BCUT2D eigenvalue weighted by molar-refractivity contribution is -0.124. The summed E-state index contributed by atoms with van der Waals surface area (Å²) in [6.07, 6.45) is 0.947. The molecule has 4 nitrogen and oxygen atoms in total. The topological polar surface area (TPSA) is 54.0 Å². The van der Waals surface area contributed by atoms with Crippen molar-refractivity contribution in [1.82, 2.24) is 15.6 Å². The lowest BCUT2D eigenvalue weighted by atomic mass is 10.1. The summed E-state index contributed by atoms with van der Waals surface area (Å²) in [7, 11) is 0. The molecule has 0 spiro atoms. The van der Waals surface area contributed by atoms with Crippen LogP contribution in [0.1, 0.15) is 17.1 Å². The molecule has 5 heteroatoms. The normalized spacial score (nSPS) is 20.5. The van der Waals surface area contributed by atoms with Gasteiger partial charge in [0.05, 0.1) is 12.5 Å². The quantitative estimate of drug-likeness (QED) is 0.795. The highest BCUT2D eigenvalue weighted by Crippen LogP contribution is 2.10. The molecule has 0 aromatic carbocycles. The zero-order valence-corrected chi connectivity index (χ0v) is 9.56. The summed E-state index contributed by atoms with van der Waals surface area (Å²) >= 11 is 1.59. The van der Waals surface area contributed by atoms with E-state index in [0.29, 0.717) is 6.54 Å². The predicted octanol–water partition coefficient (Wildman–Crippen LogP) is 0.677. The van der Waals surface area contributed by atoms with Gasteiger partial charge in [-0.3, -0.25) is 4.79 Å². The van der Waals surface area contributed by atoms with E-state index in [-0.39, 0.29) is 11.8 Å². The van der Waals surface area contributed by atoms with Gasteiger partial charge in [-0.25, -0.2) is 4.98 Å². The molecular weight excluding hydrogens is 210 g/mol. The minimum atomic E-state index is 0.144. The molecule has 1 aliphatic rings. The van der Waals surface area contributed by atoms with Crippen LogP contribution < -0.4 is 10.6 Å². The number of nitrogens with zero attached hydrogens (tertiary/aromatic N) is 1. The Morgan fingerprint density at radius 3 is 3.27 bits per heavy atom. The third-order valence-electron chi connectivity index (χ3n) is 2.51. The smallest absolute Gasteiger partial charge is 0.224 e. The van der Waals surface area contributed by atoms with E-state index in [9.17, 15) is 4.79 Å². The maximum atomic E-state index is 11.7. The van der Waals surface area contributed by atoms with Gasteiger partial charge < -0.3 is 10.6 Å². The summed E-state index contributed by atoms with van der Waals surface area (Å²) in [5.74, 6) is 0.291. The van der Waals surface area contributed by atoms with Crippen molar-refractivity contribution >= 4 is 17.2 Å². The maximum Gasteiger partial charge on any atom is 0.224 e. The van der Waals surface area contributed by atoms with Crippen LogP contribution >= 0.6 is 11.3 Å². The van der Waals surface area contributed by atoms with E-state index in [0.717, 1.165) is 30.2 Å². The lowest BCUT2D eigenvalue weighted by Gasteiger charge is -2.07. The van der Waals surface area contributed by atoms with Crippen molar-refractivity contribution in [2.24, 2.45) is 5.92 Å². The Bertz CT molecular complexity index is 344. The number of carbonyl (C=O) groups is 1. The molecular formula is C10H15N3OS. The number of rotatable bonds is 3. The number of nitrogens with one attached hydrogen (secondary N) is 2. The Kier molecular flexibility index (Phi) is 3.33. The van der Waals surface area contributed by atoms with Gasteiger partial charge >= 0.3 is 0 Å². The molecule has 0 aliphatic carbocycles. The van der Waals surface area contributed by atoms with Crippen molar-refractivity contribution < 1.29 is 4.79 Å². The van der Waals surface area contributed by atoms with Crippen molar-refractivity contribution in [2.75, 3.05) is 13.1 Å². The van der Waals surface area contributed by atoms with Crippen molar-refractivity contribution in [2.45, 2.75) is 19.9 Å². The van der Waals surface area contributed by atoms with Gasteiger partial charge in [0.1, 0.15) is 5.01 Å². The number of carbonyl (C=O) groups excluding carboxylic acids is 1. The summed E-state index contributed by atoms with van der Waals surface area (Å²) in [6, 6.07) is 0. The molecule has 1 fully saturated rings. The molecule has 1 saturated heterocycles. The molecule has 1 aromatic heterocycles. The average Bonchev–Trinajstić information content (AvgIpc) is 2.84. The Hall–Kier alpha value is -0.940. The van der Waals surface area contributed by atoms with Gasteiger partial charge in [-0.15, -0.1) is 11.3 Å². The van der Waals surface area contributed by atoms with Crippen LogP contribution in [0.4, 0.5) is 0 Å². The number of hydrogen-bond acceptors (Lipinski definition) is 4. The van der Waals surface area contributed by atoms with Gasteiger partial charge in [-0.1, -0.05) is 0 Å². The first-order valence-electron chi connectivity index (χ1n) is 5.15. The van der Waals surface area contributed by atoms with Gasteiger partial charge in [0.15, 0.2) is 0 Å². The van der Waals surface area contributed by atoms with E-state index in [1.165, 1.54) is 0 Å². The monoisotopic (exact) mass is 225 g/mol. The standard InChI is InChI=1S/C10H15N3OS/c1-7-6-15-9(13-7)5-12-10(14)8-2-3-11-4-8/h6,8,11H,2-5H2,1H3,(H,12,14). The SMILES string of the molecule is Cc1csc(CNC(=O)C2CCNC2)n1. The first-order chi connectivity index (χ1) is 7.25. The molecule has 1 aliphatic heterocycles. The van der Waals surface area contributed by atoms with Crippen molar-refractivity contribution in [3.8, 4) is 0 Å². The summed E-state index contributed by atoms with van der Waals surface area (Å²) in [5, 5.41) is 9.08. The first-order valence-corrected chi connectivity index (χ1v) is 6.03. The summed E-state index contributed by atoms with van der Waals surface area (Å²) in [4.78, 5) is 15.9. The summed E-state index contributed by atoms with van der Waals surface area (Å²) in [5.41, 5.74) is 1.02. The number of aryl methyl sites for hydroxylation is 1. The number of aromatic nitrogens is 1. The Morgan fingerprint density at radius 2 is 2.67 bits per heavy atom. The van der Waals surface area contributed by atoms with Crippen LogP contribution in [0.5, 0.6) is 0 Å². The highest BCUT2D eigenvalue weighted by atomic mass is 32.1. The predicted molar refractivity (Wildman–Crippen MR) is 59.7 cm³/mol. The zero-order valence-electron chi connectivity index (χ0n) is 8.75. The third kappa shape index (κ3) is 2.76. The minimum absolute atomic E-state index is 0.144. The van der Waals surface area contributed by atoms with E-state index >= 15 is 0 Å². The van der Waals surface area contributed by atoms with E-state index in [1.54, 1.807) is 11.3 Å². The van der Waals surface area contributed by atoms with E-state index < -0.39 is 0 Å². The Labute approximate surface area is 93.1 Å². The molecule has 1 amide bonds. The van der Waals surface area contributed by atoms with Crippen LogP contribution in [0.2, 0.25) is 0 Å². The van der Waals surface area contributed by atoms with Crippen LogP contribution in [0.3, 0.4) is 0 Å². The van der Waals surface area contributed by atoms with Gasteiger partial charge in [-0.05, 0) is 19.9 Å². The van der Waals surface area contributed by atoms with E-state index in [2.05, 4.69) is 15.6 Å². The Balaban J connectivity index is 1.80. The fourth-order valence-electron chi connectivity index (χ4n) is 1.67. The highest BCUT2D eigenvalue weighted by Gasteiger charge is 2.21. The molecule has 2 heterocycles. The van der Waals surface area contributed by atoms with Crippen LogP contribution in [0, 0.1) is 12.8 Å². The number of hydrogen-bond donors (Lipinski definition) is 2. The molecule has 1 atom stereocenters. The zero-order chi connectivity index (χ0) is 10.7. The van der Waals surface area contributed by atoms with Crippen molar-refractivity contribution in [3.63, 3.8) is 0 Å². The minimum Gasteiger partial charge on any atom is -0.349 e. The molecule has 82 valence electrons. The molecule has 2 rings (SSSR count). The molecule has 1 aromatic rings. The summed E-state index contributed by atoms with van der Waals surface area (Å²) in [6.45, 7) is 4.29. The largest absolute Gasteiger partial charge is 0.349 e. The summed E-state index contributed by atoms with van der Waals surface area (Å²) < 4.78 is 0. The van der Waals surface area contributed by atoms with Crippen molar-refractivity contribution in [3.05, 3.63) is 16.1 Å². The molecule has 0 bridgehead atoms. The van der Waals surface area contributed by atoms with Crippen LogP contribution in [0.15, 0.2) is 5.38 Å². The molecule has 15 heavy (non-hydrogen) atoms. The van der Waals surface area contributed by atoms with E-state index in [4.69, 9.17) is 0 Å². The Morgan fingerprint density at radius 1 is 1.80 bits per heavy atom. The van der Waals surface area contributed by atoms with Crippen LogP contribution in [-0.2, 0) is 11.3 Å². The lowest BCUT2D eigenvalue weighted by Crippen LogP contribution is -2.31. The second kappa shape index (κ2) is 4.72. The fourth-order valence-corrected chi connectivity index (χ4v) is 2.38. The van der Waals surface area contributed by atoms with Crippen molar-refractivity contribution in [1.29, 1.82) is 0 Å². The second-order valence-electron chi connectivity index (χ2n) is 3.79. The molecule has 2 N–H and O–H groups in total. The van der Waals surface area contributed by atoms with Gasteiger partial charge in [0, 0.05) is 17.6 Å². The van der Waals surface area contributed by atoms with Crippen LogP contribution in [-0.4, -0.2) is 24.0 Å². The number of amides is 1. The number of thiazole rings is 1. The third-order valence-corrected chi connectivity index (χ3v) is 3.48. The fraction of sp³-hybridized carbons (Fsp3) is 0.600. The first kappa shape index (κ1) is 10.6. The van der Waals surface area contributed by atoms with Gasteiger partial charge in [0.2, 0.25) is 5.91 Å². The van der Waals surface area contributed by atoms with Gasteiger partial charge in [-0.2, -0.15) is 0 Å². The molecule has 1 unspecified atom stereocenters. The molecule has 0 saturated carbocycles. The van der Waals surface area contributed by atoms with E-state index in [1.807, 2.05) is 12.3 Å². The maximum absolute atomic E-state index is 11.7. The highest BCUT2D eigenvalue weighted by molar-refractivity contribution is 7.09.